The van der Waals surface area contributed by atoms with Crippen LogP contribution < -0.4 is 9.47 Å². The Morgan fingerprint density at radius 3 is 2.33 bits per heavy atom. The Labute approximate surface area is 130 Å². The van der Waals surface area contributed by atoms with E-state index >= 15 is 0 Å². The molecule has 0 radical (unpaired) electrons. The molecule has 1 aromatic heterocycles. The van der Waals surface area contributed by atoms with Crippen LogP contribution in [0.25, 0.3) is 10.9 Å². The molecule has 3 aromatic rings. The summed E-state index contributed by atoms with van der Waals surface area (Å²) in [5.74, 6) is 0. The fourth-order valence-electron chi connectivity index (χ4n) is 2.70. The first-order valence-electron chi connectivity index (χ1n) is 6.96. The minimum Gasteiger partial charge on any atom is -0.343 e. The van der Waals surface area contributed by atoms with Gasteiger partial charge in [0, 0.05) is 18.8 Å². The van der Waals surface area contributed by atoms with Crippen LogP contribution >= 0.6 is 11.8 Å². The van der Waals surface area contributed by atoms with Crippen molar-refractivity contribution in [3.63, 3.8) is 0 Å². The van der Waals surface area contributed by atoms with Crippen molar-refractivity contribution < 1.29 is 4.57 Å². The lowest BCUT2D eigenvalue weighted by atomic mass is 10.1. The smallest absolute Gasteiger partial charge is 0.214 e. The Balaban J connectivity index is 2.28. The standard InChI is InChI=1S/C18H19N2S/c1-19-13-17(21-3)18(15-11-7-8-12-16(15)19)20(2)14-9-5-4-6-10-14/h4-13H,1-3H3/q+1. The molecule has 3 rings (SSSR count). The van der Waals surface area contributed by atoms with Gasteiger partial charge in [-0.15, -0.1) is 11.8 Å². The lowest BCUT2D eigenvalue weighted by Gasteiger charge is -2.22. The van der Waals surface area contributed by atoms with Crippen molar-refractivity contribution in [2.45, 2.75) is 4.90 Å². The van der Waals surface area contributed by atoms with E-state index in [1.54, 1.807) is 11.8 Å². The van der Waals surface area contributed by atoms with Crippen LogP contribution in [0.2, 0.25) is 0 Å². The third-order valence-corrected chi connectivity index (χ3v) is 4.52. The summed E-state index contributed by atoms with van der Waals surface area (Å²) in [5.41, 5.74) is 3.71. The SMILES string of the molecule is CSc1c[n+](C)c2ccccc2c1N(C)c1ccccc1. The summed E-state index contributed by atoms with van der Waals surface area (Å²) in [5, 5.41) is 1.28. The highest BCUT2D eigenvalue weighted by molar-refractivity contribution is 7.98. The van der Waals surface area contributed by atoms with E-state index in [0.717, 1.165) is 0 Å². The van der Waals surface area contributed by atoms with Gasteiger partial charge in [0.2, 0.25) is 5.52 Å². The third kappa shape index (κ3) is 2.49. The highest BCUT2D eigenvalue weighted by Gasteiger charge is 2.19. The van der Waals surface area contributed by atoms with Crippen LogP contribution in [0.5, 0.6) is 0 Å². The maximum Gasteiger partial charge on any atom is 0.214 e. The van der Waals surface area contributed by atoms with E-state index in [1.807, 2.05) is 0 Å². The number of nitrogens with zero attached hydrogens (tertiary/aromatic N) is 2. The first-order chi connectivity index (χ1) is 10.2. The first kappa shape index (κ1) is 14.0. The highest BCUT2D eigenvalue weighted by Crippen LogP contribution is 2.36. The summed E-state index contributed by atoms with van der Waals surface area (Å²) in [6.07, 6.45) is 4.34. The van der Waals surface area contributed by atoms with Gasteiger partial charge in [-0.1, -0.05) is 30.3 Å². The Hall–Kier alpha value is -2.00. The fraction of sp³-hybridized carbons (Fsp3) is 0.167. The van der Waals surface area contributed by atoms with Crippen LogP contribution in [-0.2, 0) is 7.05 Å². The minimum atomic E-state index is 1.20. The molecule has 2 nitrogen and oxygen atoms in total. The average molecular weight is 295 g/mol. The number of hydrogen-bond donors (Lipinski definition) is 0. The summed E-state index contributed by atoms with van der Waals surface area (Å²) >= 11 is 1.78. The highest BCUT2D eigenvalue weighted by atomic mass is 32.2. The number of fused-ring (bicyclic) bond motifs is 1. The number of anilines is 2. The normalized spacial score (nSPS) is 10.8. The molecule has 0 aliphatic carbocycles. The van der Waals surface area contributed by atoms with E-state index in [4.69, 9.17) is 0 Å². The second-order valence-electron chi connectivity index (χ2n) is 5.07. The molecule has 0 N–H and O–H groups in total. The molecular weight excluding hydrogens is 276 g/mol. The molecular formula is C18H19N2S+. The predicted octanol–water partition coefficient (Wildman–Crippen LogP) is 4.15. The summed E-state index contributed by atoms with van der Waals surface area (Å²) in [7, 11) is 4.24. The van der Waals surface area contributed by atoms with Gasteiger partial charge in [-0.05, 0) is 24.5 Å². The minimum absolute atomic E-state index is 1.20. The number of para-hydroxylation sites is 2. The Morgan fingerprint density at radius 2 is 1.62 bits per heavy atom. The number of pyridine rings is 1. The van der Waals surface area contributed by atoms with Crippen molar-refractivity contribution in [1.82, 2.24) is 0 Å². The van der Waals surface area contributed by atoms with E-state index in [0.29, 0.717) is 0 Å². The Kier molecular flexibility index (Phi) is 3.84. The molecule has 0 saturated carbocycles. The number of benzene rings is 2. The zero-order valence-corrected chi connectivity index (χ0v) is 13.4. The van der Waals surface area contributed by atoms with Gasteiger partial charge in [-0.3, -0.25) is 0 Å². The second-order valence-corrected chi connectivity index (χ2v) is 5.92. The Morgan fingerprint density at radius 1 is 0.952 bits per heavy atom. The van der Waals surface area contributed by atoms with Crippen LogP contribution in [0.1, 0.15) is 0 Å². The molecule has 106 valence electrons. The molecule has 3 heteroatoms. The van der Waals surface area contributed by atoms with E-state index in [9.17, 15) is 0 Å². The lowest BCUT2D eigenvalue weighted by molar-refractivity contribution is -0.646. The molecule has 0 atom stereocenters. The van der Waals surface area contributed by atoms with Crippen molar-refractivity contribution in [3.8, 4) is 0 Å². The molecule has 0 unspecified atom stereocenters. The van der Waals surface area contributed by atoms with E-state index in [1.165, 1.54) is 27.2 Å². The largest absolute Gasteiger partial charge is 0.343 e. The molecule has 0 aliphatic heterocycles. The van der Waals surface area contributed by atoms with Crippen molar-refractivity contribution in [3.05, 3.63) is 60.8 Å². The molecule has 1 heterocycles. The summed E-state index contributed by atoms with van der Waals surface area (Å²) < 4.78 is 2.20. The first-order valence-corrected chi connectivity index (χ1v) is 8.19. The number of hydrogen-bond acceptors (Lipinski definition) is 2. The molecule has 0 aliphatic rings. The zero-order chi connectivity index (χ0) is 14.8. The quantitative estimate of drug-likeness (QED) is 0.529. The van der Waals surface area contributed by atoms with Crippen molar-refractivity contribution in [1.29, 1.82) is 0 Å². The molecule has 0 bridgehead atoms. The molecule has 0 spiro atoms. The van der Waals surface area contributed by atoms with Gasteiger partial charge in [0.1, 0.15) is 7.05 Å². The van der Waals surface area contributed by atoms with Crippen LogP contribution in [0.15, 0.2) is 65.7 Å². The van der Waals surface area contributed by atoms with Crippen molar-refractivity contribution >= 4 is 34.0 Å². The van der Waals surface area contributed by atoms with Crippen LogP contribution in [0.3, 0.4) is 0 Å². The zero-order valence-electron chi connectivity index (χ0n) is 12.6. The monoisotopic (exact) mass is 295 g/mol. The van der Waals surface area contributed by atoms with Crippen molar-refractivity contribution in [2.75, 3.05) is 18.2 Å². The maximum atomic E-state index is 2.27. The number of aromatic nitrogens is 1. The number of aryl methyl sites for hydroxylation is 1. The van der Waals surface area contributed by atoms with E-state index < -0.39 is 0 Å². The maximum absolute atomic E-state index is 2.27. The Bertz CT molecular complexity index is 769. The topological polar surface area (TPSA) is 7.12 Å². The van der Waals surface area contributed by atoms with Gasteiger partial charge in [0.05, 0.1) is 16.0 Å². The summed E-state index contributed by atoms with van der Waals surface area (Å²) in [4.78, 5) is 3.55. The van der Waals surface area contributed by atoms with Gasteiger partial charge >= 0.3 is 0 Å². The van der Waals surface area contributed by atoms with Crippen molar-refractivity contribution in [2.24, 2.45) is 7.05 Å². The number of thioether (sulfide) groups is 1. The van der Waals surface area contributed by atoms with E-state index in [2.05, 4.69) is 90.6 Å². The fourth-order valence-corrected chi connectivity index (χ4v) is 3.40. The van der Waals surface area contributed by atoms with E-state index in [-0.39, 0.29) is 0 Å². The molecule has 0 amide bonds. The second kappa shape index (κ2) is 5.78. The van der Waals surface area contributed by atoms with Gasteiger partial charge in [-0.2, -0.15) is 4.57 Å². The average Bonchev–Trinajstić information content (AvgIpc) is 2.55. The molecule has 0 saturated heterocycles. The third-order valence-electron chi connectivity index (χ3n) is 3.78. The summed E-state index contributed by atoms with van der Waals surface area (Å²) in [6.45, 7) is 0. The van der Waals surface area contributed by atoms with Crippen LogP contribution in [-0.4, -0.2) is 13.3 Å². The van der Waals surface area contributed by atoms with Gasteiger partial charge < -0.3 is 4.90 Å². The van der Waals surface area contributed by atoms with Gasteiger partial charge in [0.25, 0.3) is 0 Å². The predicted molar refractivity (Wildman–Crippen MR) is 91.4 cm³/mol. The lowest BCUT2D eigenvalue weighted by Crippen LogP contribution is -2.30. The van der Waals surface area contributed by atoms with Gasteiger partial charge in [-0.25, -0.2) is 0 Å². The molecule has 2 aromatic carbocycles. The number of rotatable bonds is 3. The van der Waals surface area contributed by atoms with Crippen LogP contribution in [0.4, 0.5) is 11.4 Å². The molecule has 0 fully saturated rings. The molecule has 21 heavy (non-hydrogen) atoms. The van der Waals surface area contributed by atoms with Gasteiger partial charge in [0.15, 0.2) is 6.20 Å². The summed E-state index contributed by atoms with van der Waals surface area (Å²) in [6, 6.07) is 19.1. The van der Waals surface area contributed by atoms with Crippen LogP contribution in [0, 0.1) is 0 Å².